The van der Waals surface area contributed by atoms with E-state index >= 15 is 0 Å². The zero-order valence-electron chi connectivity index (χ0n) is 14.7. The summed E-state index contributed by atoms with van der Waals surface area (Å²) in [4.78, 5) is 1.75. The summed E-state index contributed by atoms with van der Waals surface area (Å²) in [7, 11) is -1.14. The van der Waals surface area contributed by atoms with Gasteiger partial charge in [0.05, 0.1) is 10.8 Å². The maximum absolute atomic E-state index is 13.0. The Labute approximate surface area is 152 Å². The van der Waals surface area contributed by atoms with Gasteiger partial charge in [-0.15, -0.1) is 0 Å². The van der Waals surface area contributed by atoms with Crippen LogP contribution in [0.4, 0.5) is 0 Å². The second-order valence-electron chi connectivity index (χ2n) is 6.62. The lowest BCUT2D eigenvalue weighted by Crippen LogP contribution is -2.23. The van der Waals surface area contributed by atoms with E-state index in [9.17, 15) is 4.21 Å². The highest BCUT2D eigenvalue weighted by Crippen LogP contribution is 2.52. The molecule has 0 saturated heterocycles. The van der Waals surface area contributed by atoms with Crippen LogP contribution in [0.25, 0.3) is 11.1 Å². The average Bonchev–Trinajstić information content (AvgIpc) is 2.97. The van der Waals surface area contributed by atoms with Crippen LogP contribution in [0.3, 0.4) is 0 Å². The lowest BCUT2D eigenvalue weighted by molar-refractivity contribution is 0.489. The average molecular weight is 346 g/mol. The quantitative estimate of drug-likeness (QED) is 0.571. The molecule has 0 radical (unpaired) electrons. The Balaban J connectivity index is 1.89. The van der Waals surface area contributed by atoms with Gasteiger partial charge in [0.15, 0.2) is 0 Å². The van der Waals surface area contributed by atoms with Crippen LogP contribution in [-0.2, 0) is 16.2 Å². The van der Waals surface area contributed by atoms with Crippen molar-refractivity contribution in [3.05, 3.63) is 83.9 Å². The fourth-order valence-corrected chi connectivity index (χ4v) is 5.33. The minimum atomic E-state index is -1.14. The van der Waals surface area contributed by atoms with Crippen LogP contribution in [0.2, 0.25) is 0 Å². The van der Waals surface area contributed by atoms with Crippen molar-refractivity contribution < 1.29 is 4.21 Å². The number of fused-ring (bicyclic) bond motifs is 3. The third-order valence-corrected chi connectivity index (χ3v) is 7.00. The normalized spacial score (nSPS) is 15.4. The Morgan fingerprint density at radius 1 is 0.720 bits per heavy atom. The van der Waals surface area contributed by atoms with Gasteiger partial charge in [0.1, 0.15) is 0 Å². The van der Waals surface area contributed by atoms with Gasteiger partial charge in [0, 0.05) is 15.2 Å². The minimum Gasteiger partial charge on any atom is -0.249 e. The monoisotopic (exact) mass is 346 g/mol. The molecule has 126 valence electrons. The van der Waals surface area contributed by atoms with Crippen molar-refractivity contribution in [3.8, 4) is 11.1 Å². The molecular weight excluding hydrogens is 324 g/mol. The molecule has 0 fully saturated rings. The van der Waals surface area contributed by atoms with Crippen molar-refractivity contribution in [3.63, 3.8) is 0 Å². The summed E-state index contributed by atoms with van der Waals surface area (Å²) in [6.07, 6.45) is 2.10. The zero-order valence-corrected chi connectivity index (χ0v) is 15.5. The predicted molar refractivity (Wildman–Crippen MR) is 104 cm³/mol. The van der Waals surface area contributed by atoms with Crippen LogP contribution in [0.15, 0.2) is 82.6 Å². The summed E-state index contributed by atoms with van der Waals surface area (Å²) in [5, 5.41) is 0. The van der Waals surface area contributed by atoms with Crippen LogP contribution in [-0.4, -0.2) is 4.21 Å². The van der Waals surface area contributed by atoms with Crippen LogP contribution >= 0.6 is 0 Å². The summed E-state index contributed by atoms with van der Waals surface area (Å²) >= 11 is 0. The third-order valence-electron chi connectivity index (χ3n) is 5.62. The number of hydrogen-bond donors (Lipinski definition) is 0. The van der Waals surface area contributed by atoms with Crippen molar-refractivity contribution in [2.24, 2.45) is 0 Å². The van der Waals surface area contributed by atoms with Crippen LogP contribution in [0.1, 0.15) is 37.8 Å². The van der Waals surface area contributed by atoms with E-state index in [1.165, 1.54) is 22.3 Å². The molecule has 1 nitrogen and oxygen atoms in total. The first-order valence-corrected chi connectivity index (χ1v) is 10.1. The molecule has 1 unspecified atom stereocenters. The fraction of sp³-hybridized carbons (Fsp3) is 0.217. The maximum Gasteiger partial charge on any atom is 0.0849 e. The number of hydrogen-bond acceptors (Lipinski definition) is 1. The standard InChI is InChI=1S/C23H22OS/c1-3-23(4-2)21-13-9-8-12-19(21)20-15-14-18(16-22(20)23)25(24)17-10-6-5-7-11-17/h5-16H,3-4H2,1-2H3. The van der Waals surface area contributed by atoms with Gasteiger partial charge in [-0.05, 0) is 59.4 Å². The molecular formula is C23H22OS. The highest BCUT2D eigenvalue weighted by molar-refractivity contribution is 7.85. The van der Waals surface area contributed by atoms with E-state index < -0.39 is 10.8 Å². The van der Waals surface area contributed by atoms with Crippen molar-refractivity contribution in [2.75, 3.05) is 0 Å². The first-order chi connectivity index (χ1) is 12.2. The first kappa shape index (κ1) is 16.3. The second kappa shape index (κ2) is 6.27. The van der Waals surface area contributed by atoms with Gasteiger partial charge in [-0.2, -0.15) is 0 Å². The van der Waals surface area contributed by atoms with Crippen LogP contribution in [0.5, 0.6) is 0 Å². The van der Waals surface area contributed by atoms with Gasteiger partial charge in [-0.1, -0.05) is 62.4 Å². The van der Waals surface area contributed by atoms with E-state index in [4.69, 9.17) is 0 Å². The molecule has 1 aliphatic carbocycles. The molecule has 0 amide bonds. The molecule has 0 aliphatic heterocycles. The summed E-state index contributed by atoms with van der Waals surface area (Å²) in [5.41, 5.74) is 5.41. The van der Waals surface area contributed by atoms with Gasteiger partial charge >= 0.3 is 0 Å². The largest absolute Gasteiger partial charge is 0.249 e. The van der Waals surface area contributed by atoms with Gasteiger partial charge in [0.25, 0.3) is 0 Å². The van der Waals surface area contributed by atoms with Gasteiger partial charge in [0.2, 0.25) is 0 Å². The molecule has 0 spiro atoms. The SMILES string of the molecule is CCC1(CC)c2ccccc2-c2ccc(S(=O)c3ccccc3)cc21. The molecule has 25 heavy (non-hydrogen) atoms. The summed E-state index contributed by atoms with van der Waals surface area (Å²) in [5.74, 6) is 0. The third kappa shape index (κ3) is 2.39. The second-order valence-corrected chi connectivity index (χ2v) is 8.10. The molecule has 0 aromatic heterocycles. The summed E-state index contributed by atoms with van der Waals surface area (Å²) in [6, 6.07) is 24.8. The van der Waals surface area contributed by atoms with E-state index in [1.807, 2.05) is 36.4 Å². The molecule has 1 aliphatic rings. The van der Waals surface area contributed by atoms with E-state index in [2.05, 4.69) is 50.2 Å². The van der Waals surface area contributed by atoms with Crippen LogP contribution in [0, 0.1) is 0 Å². The predicted octanol–water partition coefficient (Wildman–Crippen LogP) is 5.94. The maximum atomic E-state index is 13.0. The van der Waals surface area contributed by atoms with E-state index in [0.717, 1.165) is 22.6 Å². The highest BCUT2D eigenvalue weighted by Gasteiger charge is 2.40. The lowest BCUT2D eigenvalue weighted by Gasteiger charge is -2.29. The Morgan fingerprint density at radius 2 is 1.36 bits per heavy atom. The molecule has 3 aromatic carbocycles. The summed E-state index contributed by atoms with van der Waals surface area (Å²) in [6.45, 7) is 4.52. The Bertz CT molecular complexity index is 939. The summed E-state index contributed by atoms with van der Waals surface area (Å²) < 4.78 is 13.0. The Morgan fingerprint density at radius 3 is 2.08 bits per heavy atom. The molecule has 2 heteroatoms. The van der Waals surface area contributed by atoms with Gasteiger partial charge in [-0.3, -0.25) is 0 Å². The molecule has 0 bridgehead atoms. The van der Waals surface area contributed by atoms with E-state index in [-0.39, 0.29) is 5.41 Å². The molecule has 0 heterocycles. The molecule has 3 aromatic rings. The topological polar surface area (TPSA) is 17.1 Å². The van der Waals surface area contributed by atoms with E-state index in [1.54, 1.807) is 0 Å². The Hall–Kier alpha value is -2.19. The Kier molecular flexibility index (Phi) is 4.09. The first-order valence-electron chi connectivity index (χ1n) is 8.92. The van der Waals surface area contributed by atoms with Gasteiger partial charge < -0.3 is 0 Å². The van der Waals surface area contributed by atoms with Crippen molar-refractivity contribution in [1.82, 2.24) is 0 Å². The smallest absolute Gasteiger partial charge is 0.0849 e. The molecule has 1 atom stereocenters. The fourth-order valence-electron chi connectivity index (χ4n) is 4.24. The van der Waals surface area contributed by atoms with E-state index in [0.29, 0.717) is 0 Å². The lowest BCUT2D eigenvalue weighted by atomic mass is 9.74. The molecule has 4 rings (SSSR count). The van der Waals surface area contributed by atoms with Crippen molar-refractivity contribution in [2.45, 2.75) is 41.9 Å². The number of benzene rings is 3. The highest BCUT2D eigenvalue weighted by atomic mass is 32.2. The van der Waals surface area contributed by atoms with Gasteiger partial charge in [-0.25, -0.2) is 4.21 Å². The van der Waals surface area contributed by atoms with Crippen LogP contribution < -0.4 is 0 Å². The number of rotatable bonds is 4. The zero-order chi connectivity index (χ0) is 17.4. The minimum absolute atomic E-state index is 0.0306. The van der Waals surface area contributed by atoms with Crippen molar-refractivity contribution in [1.29, 1.82) is 0 Å². The van der Waals surface area contributed by atoms with Crippen molar-refractivity contribution >= 4 is 10.8 Å². The molecule has 0 N–H and O–H groups in total. The molecule has 0 saturated carbocycles.